The van der Waals surface area contributed by atoms with Crippen LogP contribution in [-0.4, -0.2) is 0 Å². The van der Waals surface area contributed by atoms with Crippen molar-refractivity contribution in [1.29, 1.82) is 10.5 Å². The summed E-state index contributed by atoms with van der Waals surface area (Å²) in [6.07, 6.45) is 0.715. The molecule has 2 nitrogen and oxygen atoms in total. The zero-order chi connectivity index (χ0) is 4.83. The third kappa shape index (κ3) is 2.98. The summed E-state index contributed by atoms with van der Waals surface area (Å²) in [7, 11) is 0. The first-order valence-electron chi connectivity index (χ1n) is 1.65. The van der Waals surface area contributed by atoms with Gasteiger partial charge in [-0.05, 0) is 0 Å². The van der Waals surface area contributed by atoms with Gasteiger partial charge in [0.15, 0.2) is 0 Å². The smallest absolute Gasteiger partial charge is 0.0632 e. The molecule has 0 aromatic heterocycles. The maximum atomic E-state index is 7.80. The van der Waals surface area contributed by atoms with Gasteiger partial charge in [0.05, 0.1) is 12.1 Å². The molecule has 0 saturated heterocycles. The molecule has 30 valence electrons. The first kappa shape index (κ1) is 4.98. The van der Waals surface area contributed by atoms with Crippen LogP contribution in [0.5, 0.6) is 0 Å². The molecule has 0 bridgehead atoms. The van der Waals surface area contributed by atoms with E-state index in [1.807, 2.05) is 12.1 Å². The Morgan fingerprint density at radius 3 is 1.50 bits per heavy atom. The zero-order valence-electron chi connectivity index (χ0n) is 3.31. The minimum atomic E-state index is 0.358. The van der Waals surface area contributed by atoms with Crippen molar-refractivity contribution in [3.05, 3.63) is 0 Å². The van der Waals surface area contributed by atoms with E-state index in [9.17, 15) is 0 Å². The summed E-state index contributed by atoms with van der Waals surface area (Å²) in [5.41, 5.74) is 0. The van der Waals surface area contributed by atoms with Crippen molar-refractivity contribution in [2.45, 2.75) is 12.8 Å². The highest BCUT2D eigenvalue weighted by atomic mass is 15.1. The Labute approximate surface area is 36.6 Å². The van der Waals surface area contributed by atoms with E-state index in [1.165, 1.54) is 0 Å². The predicted octanol–water partition coefficient (Wildman–Crippen LogP) is 0.814. The molecule has 2 heteroatoms. The van der Waals surface area contributed by atoms with Crippen LogP contribution < -0.4 is 0 Å². The van der Waals surface area contributed by atoms with Crippen molar-refractivity contribution in [3.63, 3.8) is 0 Å². The molecule has 0 saturated carbocycles. The molecule has 6 heavy (non-hydrogen) atoms. The Bertz CT molecular complexity index is 79.1. The van der Waals surface area contributed by atoms with Crippen LogP contribution in [0.3, 0.4) is 0 Å². The summed E-state index contributed by atoms with van der Waals surface area (Å²) in [5.74, 6) is 0. The molecule has 0 aromatic rings. The van der Waals surface area contributed by atoms with Gasteiger partial charge in [0, 0.05) is 12.8 Å². The minimum Gasteiger partial charge on any atom is -0.198 e. The predicted molar refractivity (Wildman–Crippen MR) is 20.5 cm³/mol. The Kier molecular flexibility index (Phi) is 3.30. The molecule has 0 N–H and O–H groups in total. The molecule has 0 atom stereocenters. The van der Waals surface area contributed by atoms with Crippen LogP contribution in [0.15, 0.2) is 0 Å². The van der Waals surface area contributed by atoms with Crippen molar-refractivity contribution >= 4 is 0 Å². The third-order valence-corrected chi connectivity index (χ3v) is 0.349. The lowest BCUT2D eigenvalue weighted by molar-refractivity contribution is 1.07. The Morgan fingerprint density at radius 2 is 1.33 bits per heavy atom. The minimum absolute atomic E-state index is 0.358. The highest BCUT2D eigenvalue weighted by molar-refractivity contribution is 4.78. The third-order valence-electron chi connectivity index (χ3n) is 0.349. The number of nitriles is 2. The molecule has 0 amide bonds. The fourth-order valence-corrected chi connectivity index (χ4v) is 0.112. The van der Waals surface area contributed by atoms with Crippen molar-refractivity contribution in [1.82, 2.24) is 0 Å². The Hall–Kier alpha value is -1.02. The fourth-order valence-electron chi connectivity index (χ4n) is 0.112. The second kappa shape index (κ2) is 3.98. The summed E-state index contributed by atoms with van der Waals surface area (Å²) < 4.78 is 0. The molecule has 0 aliphatic carbocycles. The number of rotatable bonds is 1. The maximum Gasteiger partial charge on any atom is 0.0632 e. The van der Waals surface area contributed by atoms with Crippen LogP contribution in [0.25, 0.3) is 0 Å². The molecule has 0 unspecified atom stereocenters. The second-order valence-electron chi connectivity index (χ2n) is 0.816. The van der Waals surface area contributed by atoms with Gasteiger partial charge in [-0.2, -0.15) is 10.5 Å². The molecule has 0 aliphatic heterocycles. The number of hydrogen-bond acceptors (Lipinski definition) is 2. The first-order valence-corrected chi connectivity index (χ1v) is 1.65. The fraction of sp³-hybridized carbons (Fsp3) is 0.500. The van der Waals surface area contributed by atoms with Crippen molar-refractivity contribution in [2.75, 3.05) is 0 Å². The lowest BCUT2D eigenvalue weighted by Crippen LogP contribution is -1.58. The monoisotopic (exact) mass is 82.0 g/mol. The summed E-state index contributed by atoms with van der Waals surface area (Å²) >= 11 is 0. The largest absolute Gasteiger partial charge is 0.198 e. The molecule has 0 rings (SSSR count). The highest BCUT2D eigenvalue weighted by Crippen LogP contribution is 1.78. The SMILES string of the molecule is [15N]#CCCC#[15N]. The van der Waals surface area contributed by atoms with E-state index in [4.69, 9.17) is 10.5 Å². The van der Waals surface area contributed by atoms with Gasteiger partial charge in [0.25, 0.3) is 0 Å². The lowest BCUT2D eigenvalue weighted by Gasteiger charge is -1.63. The van der Waals surface area contributed by atoms with Gasteiger partial charge in [-0.25, -0.2) is 0 Å². The van der Waals surface area contributed by atoms with Gasteiger partial charge in [-0.1, -0.05) is 0 Å². The van der Waals surface area contributed by atoms with E-state index in [1.54, 1.807) is 0 Å². The molecular formula is C4H4N2. The molecule has 0 heterocycles. The lowest BCUT2D eigenvalue weighted by atomic mass is 10.4. The zero-order valence-corrected chi connectivity index (χ0v) is 3.31. The number of unbranched alkanes of at least 4 members (excludes halogenated alkanes) is 1. The maximum absolute atomic E-state index is 7.80. The van der Waals surface area contributed by atoms with Crippen molar-refractivity contribution in [3.8, 4) is 12.1 Å². The first-order chi connectivity index (χ1) is 2.91. The summed E-state index contributed by atoms with van der Waals surface area (Å²) in [6, 6.07) is 3.69. The highest BCUT2D eigenvalue weighted by Gasteiger charge is 1.72. The van der Waals surface area contributed by atoms with E-state index in [2.05, 4.69) is 0 Å². The molecule has 0 fully saturated rings. The van der Waals surface area contributed by atoms with Gasteiger partial charge in [-0.3, -0.25) is 0 Å². The van der Waals surface area contributed by atoms with Gasteiger partial charge >= 0.3 is 0 Å². The summed E-state index contributed by atoms with van der Waals surface area (Å²) in [5, 5.41) is 15.6. The Morgan fingerprint density at radius 1 is 1.00 bits per heavy atom. The van der Waals surface area contributed by atoms with E-state index >= 15 is 0 Å². The van der Waals surface area contributed by atoms with E-state index in [-0.39, 0.29) is 0 Å². The molecule has 0 radical (unpaired) electrons. The molecular weight excluding hydrogens is 78.0 g/mol. The van der Waals surface area contributed by atoms with E-state index in [0.717, 1.165) is 0 Å². The topological polar surface area (TPSA) is 47.6 Å². The molecule has 0 aliphatic rings. The average Bonchev–Trinajstić information content (AvgIpc) is 1.61. The van der Waals surface area contributed by atoms with Crippen LogP contribution in [0.2, 0.25) is 0 Å². The van der Waals surface area contributed by atoms with Crippen LogP contribution in [0, 0.1) is 22.7 Å². The Balaban J connectivity index is 2.78. The van der Waals surface area contributed by atoms with Gasteiger partial charge < -0.3 is 0 Å². The number of nitrogens with zero attached hydrogens (tertiary/aromatic N) is 2. The van der Waals surface area contributed by atoms with E-state index < -0.39 is 0 Å². The molecule has 0 aromatic carbocycles. The quantitative estimate of drug-likeness (QED) is 0.347. The molecule has 0 spiro atoms. The van der Waals surface area contributed by atoms with Gasteiger partial charge in [-0.15, -0.1) is 0 Å². The normalized spacial score (nSPS) is 5.67. The second-order valence-corrected chi connectivity index (χ2v) is 0.816. The van der Waals surface area contributed by atoms with Crippen LogP contribution >= 0.6 is 0 Å². The van der Waals surface area contributed by atoms with Crippen LogP contribution in [0.1, 0.15) is 12.8 Å². The van der Waals surface area contributed by atoms with Crippen LogP contribution in [-0.2, 0) is 0 Å². The van der Waals surface area contributed by atoms with Crippen molar-refractivity contribution in [2.24, 2.45) is 0 Å². The summed E-state index contributed by atoms with van der Waals surface area (Å²) in [4.78, 5) is 0. The summed E-state index contributed by atoms with van der Waals surface area (Å²) in [6.45, 7) is 0. The standard InChI is InChI=1S/C4H4N2/c5-3-1-2-4-6/h1-2H2/i5+1,6+1. The number of hydrogen-bond donors (Lipinski definition) is 0. The van der Waals surface area contributed by atoms with E-state index in [0.29, 0.717) is 12.8 Å². The van der Waals surface area contributed by atoms with Gasteiger partial charge in [0.2, 0.25) is 0 Å². The van der Waals surface area contributed by atoms with Gasteiger partial charge in [0.1, 0.15) is 0 Å². The average molecular weight is 82.1 g/mol. The van der Waals surface area contributed by atoms with Crippen molar-refractivity contribution < 1.29 is 0 Å². The van der Waals surface area contributed by atoms with Crippen LogP contribution in [0.4, 0.5) is 0 Å².